The van der Waals surface area contributed by atoms with Crippen molar-refractivity contribution in [1.82, 2.24) is 10.6 Å². The van der Waals surface area contributed by atoms with E-state index in [1.165, 1.54) is 0 Å². The van der Waals surface area contributed by atoms with Crippen LogP contribution in [0.3, 0.4) is 0 Å². The Labute approximate surface area is 154 Å². The Hall–Kier alpha value is -2.44. The summed E-state index contributed by atoms with van der Waals surface area (Å²) in [6.07, 6.45) is 4.37. The summed E-state index contributed by atoms with van der Waals surface area (Å²) in [4.78, 5) is 16.3. The zero-order valence-corrected chi connectivity index (χ0v) is 15.3. The van der Waals surface area contributed by atoms with E-state index < -0.39 is 0 Å². The summed E-state index contributed by atoms with van der Waals surface area (Å²) >= 11 is 0. The van der Waals surface area contributed by atoms with Gasteiger partial charge in [0.1, 0.15) is 0 Å². The highest BCUT2D eigenvalue weighted by atomic mass is 16.5. The van der Waals surface area contributed by atoms with Crippen LogP contribution in [0.4, 0.5) is 5.69 Å². The third kappa shape index (κ3) is 5.82. The molecule has 0 spiro atoms. The van der Waals surface area contributed by atoms with Gasteiger partial charge < -0.3 is 25.4 Å². The quantitative estimate of drug-likeness (QED) is 0.395. The van der Waals surface area contributed by atoms with E-state index in [1.807, 2.05) is 25.1 Å². The number of rotatable bonds is 7. The number of fused-ring (bicyclic) bond motifs is 1. The lowest BCUT2D eigenvalue weighted by molar-refractivity contribution is -0.121. The molecular formula is C19H28N4O3. The number of hydrogen-bond donors (Lipinski definition) is 3. The van der Waals surface area contributed by atoms with Crippen molar-refractivity contribution < 1.29 is 14.3 Å². The number of ether oxygens (including phenoxy) is 2. The van der Waals surface area contributed by atoms with E-state index in [4.69, 9.17) is 9.47 Å². The van der Waals surface area contributed by atoms with E-state index in [9.17, 15) is 4.79 Å². The number of benzene rings is 1. The Morgan fingerprint density at radius 3 is 2.81 bits per heavy atom. The van der Waals surface area contributed by atoms with Crippen LogP contribution in [-0.4, -0.2) is 44.2 Å². The lowest BCUT2D eigenvalue weighted by atomic mass is 10.2. The highest BCUT2D eigenvalue weighted by Gasteiger charge is 2.22. The summed E-state index contributed by atoms with van der Waals surface area (Å²) in [5.41, 5.74) is 0.889. The summed E-state index contributed by atoms with van der Waals surface area (Å²) in [6.45, 7) is 4.72. The second-order valence-corrected chi connectivity index (χ2v) is 6.54. The summed E-state index contributed by atoms with van der Waals surface area (Å²) in [5, 5.41) is 9.50. The first-order chi connectivity index (χ1) is 12.7. The molecule has 3 N–H and O–H groups in total. The number of nitrogens with one attached hydrogen (secondary N) is 3. The van der Waals surface area contributed by atoms with Gasteiger partial charge in [-0.3, -0.25) is 9.79 Å². The van der Waals surface area contributed by atoms with Gasteiger partial charge in [-0.15, -0.1) is 0 Å². The van der Waals surface area contributed by atoms with Crippen LogP contribution < -0.4 is 25.4 Å². The topological polar surface area (TPSA) is 84.0 Å². The zero-order valence-electron chi connectivity index (χ0n) is 15.3. The molecule has 1 aromatic carbocycles. The van der Waals surface area contributed by atoms with E-state index in [2.05, 4.69) is 20.9 Å². The van der Waals surface area contributed by atoms with Gasteiger partial charge >= 0.3 is 0 Å². The van der Waals surface area contributed by atoms with Gasteiger partial charge in [0.2, 0.25) is 5.91 Å². The molecule has 142 valence electrons. The lowest BCUT2D eigenvalue weighted by Crippen LogP contribution is -2.31. The molecule has 0 aromatic heterocycles. The van der Waals surface area contributed by atoms with Gasteiger partial charge in [0.15, 0.2) is 17.5 Å². The van der Waals surface area contributed by atoms with Gasteiger partial charge in [-0.1, -0.05) is 0 Å². The van der Waals surface area contributed by atoms with E-state index in [-0.39, 0.29) is 5.91 Å². The molecule has 0 radical (unpaired) electrons. The second kappa shape index (κ2) is 9.31. The van der Waals surface area contributed by atoms with Crippen LogP contribution in [0.15, 0.2) is 23.2 Å². The highest BCUT2D eigenvalue weighted by Crippen LogP contribution is 2.32. The van der Waals surface area contributed by atoms with Gasteiger partial charge in [0, 0.05) is 43.7 Å². The molecule has 1 aliphatic heterocycles. The predicted molar refractivity (Wildman–Crippen MR) is 102 cm³/mol. The van der Waals surface area contributed by atoms with Crippen molar-refractivity contribution in [2.24, 2.45) is 4.99 Å². The molecule has 1 saturated carbocycles. The van der Waals surface area contributed by atoms with Crippen LogP contribution in [0.5, 0.6) is 11.5 Å². The van der Waals surface area contributed by atoms with E-state index >= 15 is 0 Å². The molecule has 7 nitrogen and oxygen atoms in total. The largest absolute Gasteiger partial charge is 0.490 e. The van der Waals surface area contributed by atoms with E-state index in [0.717, 1.165) is 49.4 Å². The minimum absolute atomic E-state index is 0.128. The smallest absolute Gasteiger partial charge is 0.220 e. The number of amides is 1. The number of nitrogens with zero attached hydrogens (tertiary/aromatic N) is 1. The molecule has 1 fully saturated rings. The van der Waals surface area contributed by atoms with Crippen LogP contribution in [0.25, 0.3) is 0 Å². The Kier molecular flexibility index (Phi) is 6.57. The molecule has 0 unspecified atom stereocenters. The Morgan fingerprint density at radius 2 is 2.04 bits per heavy atom. The Balaban J connectivity index is 1.51. The minimum Gasteiger partial charge on any atom is -0.490 e. The van der Waals surface area contributed by atoms with Crippen LogP contribution in [0.1, 0.15) is 39.0 Å². The molecule has 1 heterocycles. The number of hydrogen-bond acceptors (Lipinski definition) is 4. The van der Waals surface area contributed by atoms with Crippen molar-refractivity contribution in [2.45, 2.75) is 45.1 Å². The molecule has 1 amide bonds. The monoisotopic (exact) mass is 360 g/mol. The van der Waals surface area contributed by atoms with Gasteiger partial charge in [0.25, 0.3) is 0 Å². The van der Waals surface area contributed by atoms with Crippen molar-refractivity contribution in [2.75, 3.05) is 31.6 Å². The van der Waals surface area contributed by atoms with Crippen LogP contribution in [-0.2, 0) is 4.79 Å². The fraction of sp³-hybridized carbons (Fsp3) is 0.579. The summed E-state index contributed by atoms with van der Waals surface area (Å²) in [5.74, 6) is 2.35. The summed E-state index contributed by atoms with van der Waals surface area (Å²) < 4.78 is 11.4. The van der Waals surface area contributed by atoms with Crippen molar-refractivity contribution >= 4 is 17.6 Å². The maximum absolute atomic E-state index is 11.7. The first kappa shape index (κ1) is 18.4. The summed E-state index contributed by atoms with van der Waals surface area (Å²) in [6, 6.07) is 6.21. The SMILES string of the molecule is CCNC(=NCCCC(=O)NC1CC1)Nc1ccc2c(c1)OCCCO2. The number of carbonyl (C=O) groups excluding carboxylic acids is 1. The predicted octanol–water partition coefficient (Wildman–Crippen LogP) is 2.28. The number of carbonyl (C=O) groups is 1. The molecular weight excluding hydrogens is 332 g/mol. The lowest BCUT2D eigenvalue weighted by Gasteiger charge is -2.13. The summed E-state index contributed by atoms with van der Waals surface area (Å²) in [7, 11) is 0. The molecule has 0 atom stereocenters. The van der Waals surface area contributed by atoms with Crippen molar-refractivity contribution in [3.63, 3.8) is 0 Å². The number of aliphatic imine (C=N–C) groups is 1. The maximum Gasteiger partial charge on any atom is 0.220 e. The third-order valence-electron chi connectivity index (χ3n) is 4.13. The van der Waals surface area contributed by atoms with Crippen LogP contribution >= 0.6 is 0 Å². The van der Waals surface area contributed by atoms with Crippen LogP contribution in [0, 0.1) is 0 Å². The standard InChI is InChI=1S/C19H28N4O3/c1-2-20-19(21-10-3-5-18(24)22-14-6-7-14)23-15-8-9-16-17(13-15)26-12-4-11-25-16/h8-9,13-14H,2-7,10-12H2,1H3,(H,22,24)(H2,20,21,23). The molecule has 0 bridgehead atoms. The maximum atomic E-state index is 11.7. The average molecular weight is 360 g/mol. The molecule has 2 aliphatic rings. The molecule has 1 aliphatic carbocycles. The number of guanidine groups is 1. The highest BCUT2D eigenvalue weighted by molar-refractivity contribution is 5.94. The van der Waals surface area contributed by atoms with Gasteiger partial charge in [0.05, 0.1) is 13.2 Å². The van der Waals surface area contributed by atoms with Crippen molar-refractivity contribution in [3.05, 3.63) is 18.2 Å². The molecule has 0 saturated heterocycles. The first-order valence-corrected chi connectivity index (χ1v) is 9.49. The van der Waals surface area contributed by atoms with Gasteiger partial charge in [-0.05, 0) is 38.3 Å². The zero-order chi connectivity index (χ0) is 18.2. The minimum atomic E-state index is 0.128. The molecule has 7 heteroatoms. The first-order valence-electron chi connectivity index (χ1n) is 9.49. The van der Waals surface area contributed by atoms with Gasteiger partial charge in [-0.25, -0.2) is 0 Å². The van der Waals surface area contributed by atoms with Crippen LogP contribution in [0.2, 0.25) is 0 Å². The fourth-order valence-electron chi connectivity index (χ4n) is 2.64. The number of anilines is 1. The van der Waals surface area contributed by atoms with E-state index in [0.29, 0.717) is 38.2 Å². The molecule has 26 heavy (non-hydrogen) atoms. The Morgan fingerprint density at radius 1 is 1.23 bits per heavy atom. The molecule has 1 aromatic rings. The van der Waals surface area contributed by atoms with Crippen molar-refractivity contribution in [1.29, 1.82) is 0 Å². The third-order valence-corrected chi connectivity index (χ3v) is 4.13. The average Bonchev–Trinajstić information content (AvgIpc) is 3.45. The second-order valence-electron chi connectivity index (χ2n) is 6.54. The van der Waals surface area contributed by atoms with E-state index in [1.54, 1.807) is 0 Å². The van der Waals surface area contributed by atoms with Crippen molar-refractivity contribution in [3.8, 4) is 11.5 Å². The van der Waals surface area contributed by atoms with Gasteiger partial charge in [-0.2, -0.15) is 0 Å². The normalized spacial score (nSPS) is 16.6. The fourth-order valence-corrected chi connectivity index (χ4v) is 2.64. The molecule has 3 rings (SSSR count). The Bertz CT molecular complexity index is 644.